The van der Waals surface area contributed by atoms with Gasteiger partial charge in [-0.3, -0.25) is 4.79 Å². The van der Waals surface area contributed by atoms with Gasteiger partial charge in [0.2, 0.25) is 5.91 Å². The minimum atomic E-state index is 0.216. The van der Waals surface area contributed by atoms with E-state index in [9.17, 15) is 4.79 Å². The molecule has 0 heterocycles. The number of halogens is 1. The summed E-state index contributed by atoms with van der Waals surface area (Å²) in [6, 6.07) is 10.9. The summed E-state index contributed by atoms with van der Waals surface area (Å²) in [6.07, 6.45) is 5.55. The van der Waals surface area contributed by atoms with Gasteiger partial charge in [0.1, 0.15) is 0 Å². The third-order valence-corrected chi connectivity index (χ3v) is 4.93. The molecular weight excluding hydrogens is 270 g/mol. The monoisotopic (exact) mass is 291 g/mol. The van der Waals surface area contributed by atoms with Crippen LogP contribution in [0.2, 0.25) is 0 Å². The Morgan fingerprint density at radius 1 is 1.25 bits per heavy atom. The third kappa shape index (κ3) is 2.85. The van der Waals surface area contributed by atoms with Gasteiger partial charge in [-0.25, -0.2) is 0 Å². The van der Waals surface area contributed by atoms with Gasteiger partial charge in [0.15, 0.2) is 0 Å². The Morgan fingerprint density at radius 2 is 2.00 bits per heavy atom. The Morgan fingerprint density at radius 3 is 2.60 bits per heavy atom. The zero-order valence-electron chi connectivity index (χ0n) is 11.8. The molecule has 3 heteroatoms. The predicted molar refractivity (Wildman–Crippen MR) is 82.0 cm³/mol. The number of hydrogen-bond acceptors (Lipinski definition) is 1. The summed E-state index contributed by atoms with van der Waals surface area (Å²) in [5, 5.41) is 0. The molecule has 2 nitrogen and oxygen atoms in total. The van der Waals surface area contributed by atoms with Crippen molar-refractivity contribution < 1.29 is 4.79 Å². The van der Waals surface area contributed by atoms with Crippen LogP contribution in [0.4, 0.5) is 0 Å². The summed E-state index contributed by atoms with van der Waals surface area (Å²) in [7, 11) is 0. The quantitative estimate of drug-likeness (QED) is 0.730. The molecule has 0 N–H and O–H groups in total. The highest BCUT2D eigenvalue weighted by atomic mass is 35.5. The lowest BCUT2D eigenvalue weighted by atomic mass is 9.91. The molecule has 0 radical (unpaired) electrons. The zero-order valence-corrected chi connectivity index (χ0v) is 12.6. The predicted octanol–water partition coefficient (Wildman–Crippen LogP) is 3.80. The number of benzene rings is 1. The fraction of sp³-hybridized carbons (Fsp3) is 0.588. The molecule has 3 rings (SSSR count). The summed E-state index contributed by atoms with van der Waals surface area (Å²) in [4.78, 5) is 14.8. The molecule has 2 unspecified atom stereocenters. The Balaban J connectivity index is 1.62. The Labute approximate surface area is 126 Å². The van der Waals surface area contributed by atoms with Crippen molar-refractivity contribution in [2.45, 2.75) is 44.1 Å². The van der Waals surface area contributed by atoms with Crippen LogP contribution in [0, 0.1) is 5.92 Å². The van der Waals surface area contributed by atoms with E-state index in [0.29, 0.717) is 23.7 Å². The first kappa shape index (κ1) is 13.9. The second-order valence-corrected chi connectivity index (χ2v) is 6.40. The van der Waals surface area contributed by atoms with Gasteiger partial charge in [-0.15, -0.1) is 11.6 Å². The molecule has 2 saturated carbocycles. The molecule has 0 bridgehead atoms. The molecular formula is C17H22ClNO. The minimum absolute atomic E-state index is 0.216. The number of carbonyl (C=O) groups excluding carboxylic acids is 1. The van der Waals surface area contributed by atoms with Crippen molar-refractivity contribution in [1.82, 2.24) is 4.90 Å². The first-order valence-electron chi connectivity index (χ1n) is 7.72. The molecule has 0 aromatic heterocycles. The number of rotatable bonds is 6. The highest BCUT2D eigenvalue weighted by Crippen LogP contribution is 2.49. The van der Waals surface area contributed by atoms with Crippen molar-refractivity contribution in [2.75, 3.05) is 12.4 Å². The van der Waals surface area contributed by atoms with Gasteiger partial charge in [-0.05, 0) is 43.6 Å². The van der Waals surface area contributed by atoms with Crippen LogP contribution in [-0.4, -0.2) is 29.3 Å². The van der Waals surface area contributed by atoms with Crippen molar-refractivity contribution in [3.8, 4) is 0 Å². The summed E-state index contributed by atoms with van der Waals surface area (Å²) in [5.41, 5.74) is 1.32. The van der Waals surface area contributed by atoms with Crippen LogP contribution in [0.25, 0.3) is 0 Å². The molecule has 0 saturated heterocycles. The van der Waals surface area contributed by atoms with Crippen LogP contribution in [0.1, 0.15) is 43.6 Å². The van der Waals surface area contributed by atoms with E-state index in [1.165, 1.54) is 24.8 Å². The first-order valence-corrected chi connectivity index (χ1v) is 8.26. The summed E-state index contributed by atoms with van der Waals surface area (Å²) in [6.45, 7) is 0.838. The fourth-order valence-corrected chi connectivity index (χ4v) is 3.27. The molecule has 108 valence electrons. The van der Waals surface area contributed by atoms with Gasteiger partial charge >= 0.3 is 0 Å². The minimum Gasteiger partial charge on any atom is -0.339 e. The van der Waals surface area contributed by atoms with Crippen LogP contribution < -0.4 is 0 Å². The fourth-order valence-electron chi connectivity index (χ4n) is 3.15. The molecule has 2 aliphatic rings. The smallest absolute Gasteiger partial charge is 0.226 e. The number of amides is 1. The van der Waals surface area contributed by atoms with Crippen molar-refractivity contribution in [3.63, 3.8) is 0 Å². The van der Waals surface area contributed by atoms with E-state index in [4.69, 9.17) is 11.6 Å². The van der Waals surface area contributed by atoms with Gasteiger partial charge in [0.05, 0.1) is 0 Å². The van der Waals surface area contributed by atoms with Crippen molar-refractivity contribution in [1.29, 1.82) is 0 Å². The number of hydrogen-bond donors (Lipinski definition) is 0. The topological polar surface area (TPSA) is 20.3 Å². The maximum atomic E-state index is 12.7. The molecule has 1 aromatic carbocycles. The maximum absolute atomic E-state index is 12.7. The molecule has 0 spiro atoms. The number of alkyl halides is 1. The van der Waals surface area contributed by atoms with Crippen molar-refractivity contribution in [2.24, 2.45) is 5.92 Å². The largest absolute Gasteiger partial charge is 0.339 e. The molecule has 2 atom stereocenters. The molecule has 1 amide bonds. The number of nitrogens with zero attached hydrogens (tertiary/aromatic N) is 1. The standard InChI is InChI=1S/C17H22ClNO/c18-10-5-11-19(14-8-4-9-14)17(20)16-12-15(16)13-6-2-1-3-7-13/h1-3,6-7,14-16H,4-5,8-12H2. The molecule has 0 aliphatic heterocycles. The van der Waals surface area contributed by atoms with Gasteiger partial charge in [-0.2, -0.15) is 0 Å². The molecule has 1 aromatic rings. The van der Waals surface area contributed by atoms with Gasteiger partial charge in [-0.1, -0.05) is 30.3 Å². The van der Waals surface area contributed by atoms with Crippen LogP contribution in [0.5, 0.6) is 0 Å². The van der Waals surface area contributed by atoms with E-state index in [-0.39, 0.29) is 5.92 Å². The molecule has 2 aliphatic carbocycles. The van der Waals surface area contributed by atoms with E-state index in [1.54, 1.807) is 0 Å². The lowest BCUT2D eigenvalue weighted by molar-refractivity contribution is -0.136. The highest BCUT2D eigenvalue weighted by molar-refractivity contribution is 6.17. The second kappa shape index (κ2) is 6.17. The average molecular weight is 292 g/mol. The summed E-state index contributed by atoms with van der Waals surface area (Å²) >= 11 is 5.80. The Kier molecular flexibility index (Phi) is 4.30. The normalized spacial score (nSPS) is 25.1. The van der Waals surface area contributed by atoms with E-state index in [2.05, 4.69) is 29.2 Å². The maximum Gasteiger partial charge on any atom is 0.226 e. The van der Waals surface area contributed by atoms with E-state index >= 15 is 0 Å². The Bertz CT molecular complexity index is 457. The molecule has 20 heavy (non-hydrogen) atoms. The molecule has 2 fully saturated rings. The zero-order chi connectivity index (χ0) is 13.9. The third-order valence-electron chi connectivity index (χ3n) is 4.67. The lowest BCUT2D eigenvalue weighted by Crippen LogP contribution is -2.45. The average Bonchev–Trinajstić information content (AvgIpc) is 3.22. The van der Waals surface area contributed by atoms with Gasteiger partial charge in [0.25, 0.3) is 0 Å². The van der Waals surface area contributed by atoms with Crippen LogP contribution in [-0.2, 0) is 4.79 Å². The second-order valence-electron chi connectivity index (χ2n) is 6.02. The lowest BCUT2D eigenvalue weighted by Gasteiger charge is -2.38. The van der Waals surface area contributed by atoms with Crippen LogP contribution in [0.15, 0.2) is 30.3 Å². The highest BCUT2D eigenvalue weighted by Gasteiger charge is 2.47. The van der Waals surface area contributed by atoms with Gasteiger partial charge in [0, 0.05) is 24.4 Å². The van der Waals surface area contributed by atoms with Crippen LogP contribution in [0.3, 0.4) is 0 Å². The van der Waals surface area contributed by atoms with Crippen LogP contribution >= 0.6 is 11.6 Å². The summed E-state index contributed by atoms with van der Waals surface area (Å²) in [5.74, 6) is 1.67. The Hall–Kier alpha value is -1.02. The van der Waals surface area contributed by atoms with E-state index in [0.717, 1.165) is 19.4 Å². The van der Waals surface area contributed by atoms with Crippen molar-refractivity contribution >= 4 is 17.5 Å². The van der Waals surface area contributed by atoms with E-state index in [1.807, 2.05) is 6.07 Å². The van der Waals surface area contributed by atoms with E-state index < -0.39 is 0 Å². The van der Waals surface area contributed by atoms with Crippen molar-refractivity contribution in [3.05, 3.63) is 35.9 Å². The van der Waals surface area contributed by atoms with Gasteiger partial charge < -0.3 is 4.90 Å². The number of carbonyl (C=O) groups is 1. The first-order chi connectivity index (χ1) is 9.81. The summed E-state index contributed by atoms with van der Waals surface area (Å²) < 4.78 is 0. The SMILES string of the molecule is O=C(C1CC1c1ccccc1)N(CCCCl)C1CCC1.